The van der Waals surface area contributed by atoms with Gasteiger partial charge in [0.1, 0.15) is 17.2 Å². The number of ether oxygens (including phenoxy) is 1. The van der Waals surface area contributed by atoms with Crippen LogP contribution in [0.25, 0.3) is 0 Å². The number of nitrogens with zero attached hydrogens (tertiary/aromatic N) is 4. The lowest BCUT2D eigenvalue weighted by molar-refractivity contribution is -0.121. The van der Waals surface area contributed by atoms with E-state index in [-0.39, 0.29) is 48.3 Å². The van der Waals surface area contributed by atoms with Gasteiger partial charge in [-0.15, -0.1) is 11.6 Å². The summed E-state index contributed by atoms with van der Waals surface area (Å²) < 4.78 is 33.2. The summed E-state index contributed by atoms with van der Waals surface area (Å²) >= 11 is 6.31. The van der Waals surface area contributed by atoms with Crippen LogP contribution >= 0.6 is 11.6 Å². The Balaban J connectivity index is 1.51. The van der Waals surface area contributed by atoms with Gasteiger partial charge in [-0.1, -0.05) is 19.9 Å². The van der Waals surface area contributed by atoms with Gasteiger partial charge in [-0.3, -0.25) is 14.7 Å². The minimum absolute atomic E-state index is 0.0834. The second-order valence-corrected chi connectivity index (χ2v) is 12.5. The number of benzene rings is 1. The van der Waals surface area contributed by atoms with Gasteiger partial charge in [0.15, 0.2) is 0 Å². The monoisotopic (exact) mass is 562 g/mol. The van der Waals surface area contributed by atoms with Crippen LogP contribution < -0.4 is 4.90 Å². The molecular weight excluding hydrogens is 526 g/mol. The van der Waals surface area contributed by atoms with Crippen molar-refractivity contribution >= 4 is 29.3 Å². The number of aromatic nitrogens is 1. The third-order valence-electron chi connectivity index (χ3n) is 7.30. The standard InChI is InChI=1S/C29H37ClF2N4O3/c1-18-14-34(22(12-30)15-35(18)27(38)39-28(2,3)4)16-26(37)36-17-29(5,6)23-13-33-21(11-25(23)36)9-19-7-8-20(31)10-24(19)32/h7-8,10-11,13,18,22H,9,12,14-17H2,1-6H3. The number of halogens is 3. The molecule has 2 amide bonds. The molecule has 4 rings (SSSR count). The van der Waals surface area contributed by atoms with Gasteiger partial charge in [-0.2, -0.15) is 0 Å². The van der Waals surface area contributed by atoms with E-state index in [9.17, 15) is 18.4 Å². The van der Waals surface area contributed by atoms with Crippen LogP contribution in [0.5, 0.6) is 0 Å². The number of hydrogen-bond donors (Lipinski definition) is 0. The van der Waals surface area contributed by atoms with Gasteiger partial charge in [0, 0.05) is 73.0 Å². The van der Waals surface area contributed by atoms with E-state index in [1.807, 2.05) is 38.7 Å². The van der Waals surface area contributed by atoms with E-state index < -0.39 is 17.2 Å². The predicted molar refractivity (Wildman–Crippen MR) is 147 cm³/mol. The van der Waals surface area contributed by atoms with Gasteiger partial charge in [0.05, 0.1) is 12.2 Å². The summed E-state index contributed by atoms with van der Waals surface area (Å²) in [6, 6.07) is 4.96. The first-order valence-electron chi connectivity index (χ1n) is 13.2. The second-order valence-electron chi connectivity index (χ2n) is 12.2. The highest BCUT2D eigenvalue weighted by molar-refractivity contribution is 6.18. The summed E-state index contributed by atoms with van der Waals surface area (Å²) in [6.45, 7) is 13.0. The molecule has 0 radical (unpaired) electrons. The van der Waals surface area contributed by atoms with Crippen LogP contribution in [-0.2, 0) is 21.4 Å². The molecule has 2 aromatic rings. The highest BCUT2D eigenvalue weighted by Crippen LogP contribution is 2.40. The van der Waals surface area contributed by atoms with E-state index in [1.165, 1.54) is 12.1 Å². The molecule has 3 heterocycles. The molecule has 10 heteroatoms. The maximum Gasteiger partial charge on any atom is 0.410 e. The Morgan fingerprint density at radius 3 is 2.54 bits per heavy atom. The first-order chi connectivity index (χ1) is 18.2. The van der Waals surface area contributed by atoms with Crippen LogP contribution in [-0.4, -0.2) is 76.5 Å². The third kappa shape index (κ3) is 6.52. The van der Waals surface area contributed by atoms with Gasteiger partial charge in [-0.05, 0) is 45.4 Å². The van der Waals surface area contributed by atoms with Crippen LogP contribution in [0, 0.1) is 11.6 Å². The summed E-state index contributed by atoms with van der Waals surface area (Å²) in [5.74, 6) is -1.08. The molecule has 1 fully saturated rings. The van der Waals surface area contributed by atoms with Crippen molar-refractivity contribution < 1.29 is 23.1 Å². The first-order valence-corrected chi connectivity index (χ1v) is 13.8. The van der Waals surface area contributed by atoms with Gasteiger partial charge in [-0.25, -0.2) is 13.6 Å². The molecule has 2 atom stereocenters. The number of alkyl halides is 1. The lowest BCUT2D eigenvalue weighted by Gasteiger charge is -2.44. The summed E-state index contributed by atoms with van der Waals surface area (Å²) in [5.41, 5.74) is 1.70. The summed E-state index contributed by atoms with van der Waals surface area (Å²) in [5, 5.41) is 0. The Labute approximate surface area is 234 Å². The molecule has 1 aromatic heterocycles. The quantitative estimate of drug-likeness (QED) is 0.473. The fraction of sp³-hybridized carbons (Fsp3) is 0.552. The molecule has 39 heavy (non-hydrogen) atoms. The second kappa shape index (κ2) is 11.0. The Morgan fingerprint density at radius 2 is 1.90 bits per heavy atom. The zero-order valence-corrected chi connectivity index (χ0v) is 24.2. The molecule has 1 aromatic carbocycles. The maximum atomic E-state index is 14.3. The first kappa shape index (κ1) is 29.2. The summed E-state index contributed by atoms with van der Waals surface area (Å²) in [7, 11) is 0. The number of piperazine rings is 1. The van der Waals surface area contributed by atoms with Gasteiger partial charge >= 0.3 is 6.09 Å². The average molecular weight is 563 g/mol. The molecule has 0 aliphatic carbocycles. The van der Waals surface area contributed by atoms with Crippen molar-refractivity contribution in [1.82, 2.24) is 14.8 Å². The lowest BCUT2D eigenvalue weighted by atomic mass is 9.88. The molecule has 2 aliphatic rings. The van der Waals surface area contributed by atoms with Crippen molar-refractivity contribution in [1.29, 1.82) is 0 Å². The number of hydrogen-bond acceptors (Lipinski definition) is 5. The van der Waals surface area contributed by atoms with Crippen LogP contribution in [0.2, 0.25) is 0 Å². The van der Waals surface area contributed by atoms with Crippen molar-refractivity contribution in [2.75, 3.05) is 37.0 Å². The lowest BCUT2D eigenvalue weighted by Crippen LogP contribution is -2.61. The van der Waals surface area contributed by atoms with Crippen molar-refractivity contribution in [3.8, 4) is 0 Å². The third-order valence-corrected chi connectivity index (χ3v) is 7.66. The summed E-state index contributed by atoms with van der Waals surface area (Å²) in [6.07, 6.45) is 1.55. The Kier molecular flexibility index (Phi) is 8.24. The summed E-state index contributed by atoms with van der Waals surface area (Å²) in [4.78, 5) is 36.5. The Morgan fingerprint density at radius 1 is 1.18 bits per heavy atom. The van der Waals surface area contributed by atoms with Crippen LogP contribution in [0.4, 0.5) is 19.3 Å². The van der Waals surface area contributed by atoms with Crippen LogP contribution in [0.15, 0.2) is 30.5 Å². The zero-order chi connectivity index (χ0) is 28.7. The molecule has 7 nitrogen and oxygen atoms in total. The van der Waals surface area contributed by atoms with Crippen molar-refractivity contribution in [3.05, 3.63) is 58.9 Å². The minimum atomic E-state index is -0.631. The number of carbonyl (C=O) groups is 2. The molecule has 0 N–H and O–H groups in total. The maximum absolute atomic E-state index is 14.3. The molecule has 0 spiro atoms. The molecule has 2 unspecified atom stereocenters. The topological polar surface area (TPSA) is 66.0 Å². The van der Waals surface area contributed by atoms with Crippen LogP contribution in [0.3, 0.4) is 0 Å². The van der Waals surface area contributed by atoms with E-state index in [4.69, 9.17) is 16.3 Å². The number of fused-ring (bicyclic) bond motifs is 1. The van der Waals surface area contributed by atoms with Gasteiger partial charge in [0.2, 0.25) is 5.91 Å². The fourth-order valence-electron chi connectivity index (χ4n) is 5.26. The number of anilines is 1. The van der Waals surface area contributed by atoms with Gasteiger partial charge < -0.3 is 14.5 Å². The smallest absolute Gasteiger partial charge is 0.410 e. The average Bonchev–Trinajstić information content (AvgIpc) is 3.10. The highest BCUT2D eigenvalue weighted by Gasteiger charge is 2.41. The van der Waals surface area contributed by atoms with Crippen molar-refractivity contribution in [3.63, 3.8) is 0 Å². The van der Waals surface area contributed by atoms with E-state index in [0.29, 0.717) is 30.9 Å². The fourth-order valence-corrected chi connectivity index (χ4v) is 5.55. The molecule has 212 valence electrons. The molecular formula is C29H37ClF2N4O3. The van der Waals surface area contributed by atoms with E-state index >= 15 is 0 Å². The molecule has 0 saturated carbocycles. The zero-order valence-electron chi connectivity index (χ0n) is 23.4. The molecule has 1 saturated heterocycles. The van der Waals surface area contributed by atoms with Crippen LogP contribution in [0.1, 0.15) is 58.4 Å². The molecule has 0 bridgehead atoms. The number of rotatable bonds is 5. The van der Waals surface area contributed by atoms with E-state index in [1.54, 1.807) is 16.0 Å². The SMILES string of the molecule is CC1CN(CC(=O)N2CC(C)(C)c3cnc(Cc4ccc(F)cc4F)cc32)C(CCl)CN1C(=O)OC(C)(C)C. The number of amides is 2. The minimum Gasteiger partial charge on any atom is -0.444 e. The Hall–Kier alpha value is -2.78. The molecule has 2 aliphatic heterocycles. The normalized spacial score (nSPS) is 21.2. The van der Waals surface area contributed by atoms with E-state index in [2.05, 4.69) is 18.8 Å². The number of carbonyl (C=O) groups excluding carboxylic acids is 2. The number of pyridine rings is 1. The van der Waals surface area contributed by atoms with Crippen molar-refractivity contribution in [2.45, 2.75) is 71.1 Å². The highest BCUT2D eigenvalue weighted by atomic mass is 35.5. The van der Waals surface area contributed by atoms with E-state index in [0.717, 1.165) is 17.3 Å². The predicted octanol–water partition coefficient (Wildman–Crippen LogP) is 5.12. The van der Waals surface area contributed by atoms with Crippen molar-refractivity contribution in [2.24, 2.45) is 0 Å². The largest absolute Gasteiger partial charge is 0.444 e. The van der Waals surface area contributed by atoms with Gasteiger partial charge in [0.25, 0.3) is 0 Å². The Bertz CT molecular complexity index is 1250.